The van der Waals surface area contributed by atoms with Crippen molar-refractivity contribution in [2.75, 3.05) is 12.9 Å². The van der Waals surface area contributed by atoms with E-state index in [1.165, 1.54) is 0 Å². The predicted octanol–water partition coefficient (Wildman–Crippen LogP) is 2.68. The topological polar surface area (TPSA) is 3.24 Å². The molecule has 0 spiro atoms. The maximum absolute atomic E-state index is 4.12. The second kappa shape index (κ2) is 7.73. The Kier molecular flexibility index (Phi) is 7.47. The molecule has 0 unspecified atom stereocenters. The summed E-state index contributed by atoms with van der Waals surface area (Å²) in [4.78, 5) is 2.04. The van der Waals surface area contributed by atoms with Crippen LogP contribution in [0.2, 0.25) is 0 Å². The van der Waals surface area contributed by atoms with Gasteiger partial charge >= 0.3 is 0 Å². The zero-order valence-electron chi connectivity index (χ0n) is 7.33. The summed E-state index contributed by atoms with van der Waals surface area (Å²) in [6, 6.07) is 0. The third-order valence-electron chi connectivity index (χ3n) is 1.32. The molecule has 0 fully saturated rings. The van der Waals surface area contributed by atoms with E-state index in [2.05, 4.69) is 37.1 Å². The monoisotopic (exact) mass is 171 g/mol. The van der Waals surface area contributed by atoms with Crippen molar-refractivity contribution < 1.29 is 0 Å². The Morgan fingerprint density at radius 1 is 1.27 bits per heavy atom. The lowest BCUT2D eigenvalue weighted by atomic mass is 10.3. The van der Waals surface area contributed by atoms with Gasteiger partial charge in [0.1, 0.15) is 0 Å². The van der Waals surface area contributed by atoms with Crippen LogP contribution < -0.4 is 0 Å². The predicted molar refractivity (Wildman–Crippen MR) is 54.8 cm³/mol. The van der Waals surface area contributed by atoms with Gasteiger partial charge in [-0.05, 0) is 26.0 Å². The minimum Gasteiger partial charge on any atom is -0.372 e. The lowest BCUT2D eigenvalue weighted by Gasteiger charge is -2.07. The Hall–Kier alpha value is -0.370. The van der Waals surface area contributed by atoms with Gasteiger partial charge < -0.3 is 4.90 Å². The molecule has 0 saturated carbocycles. The smallest absolute Gasteiger partial charge is 0.0601 e. The average molecular weight is 171 g/mol. The summed E-state index contributed by atoms with van der Waals surface area (Å²) in [5.74, 6) is 0.778. The maximum atomic E-state index is 4.12. The van der Waals surface area contributed by atoms with Crippen molar-refractivity contribution in [2.45, 2.75) is 19.8 Å². The minimum absolute atomic E-state index is 0.778. The molecule has 0 aliphatic carbocycles. The number of thiol groups is 1. The van der Waals surface area contributed by atoms with E-state index in [0.717, 1.165) is 18.7 Å². The zero-order valence-corrected chi connectivity index (χ0v) is 8.22. The van der Waals surface area contributed by atoms with Gasteiger partial charge in [0, 0.05) is 7.05 Å². The quantitative estimate of drug-likeness (QED) is 0.288. The van der Waals surface area contributed by atoms with E-state index in [1.807, 2.05) is 18.9 Å². The van der Waals surface area contributed by atoms with Crippen LogP contribution in [0.1, 0.15) is 19.8 Å². The lowest BCUT2D eigenvalue weighted by molar-refractivity contribution is 0.541. The first-order valence-corrected chi connectivity index (χ1v) is 4.53. The third-order valence-corrected chi connectivity index (χ3v) is 1.76. The Bertz CT molecular complexity index is 130. The molecule has 0 amide bonds. The molecule has 0 heterocycles. The fourth-order valence-electron chi connectivity index (χ4n) is 0.661. The summed E-state index contributed by atoms with van der Waals surface area (Å²) >= 11 is 4.12. The summed E-state index contributed by atoms with van der Waals surface area (Å²) < 4.78 is 0. The van der Waals surface area contributed by atoms with Crippen LogP contribution in [0.3, 0.4) is 0 Å². The normalized spacial score (nSPS) is 11.5. The van der Waals surface area contributed by atoms with Gasteiger partial charge in [0.05, 0.1) is 5.88 Å². The van der Waals surface area contributed by atoms with Gasteiger partial charge in [-0.15, -0.1) is 0 Å². The lowest BCUT2D eigenvalue weighted by Crippen LogP contribution is -2.06. The molecule has 0 atom stereocenters. The van der Waals surface area contributed by atoms with E-state index in [0.29, 0.717) is 0 Å². The van der Waals surface area contributed by atoms with E-state index in [4.69, 9.17) is 0 Å². The molecule has 11 heavy (non-hydrogen) atoms. The Morgan fingerprint density at radius 2 is 1.91 bits per heavy atom. The number of hydrogen-bond donors (Lipinski definition) is 1. The number of rotatable bonds is 5. The van der Waals surface area contributed by atoms with Crippen LogP contribution in [0, 0.1) is 0 Å². The molecular weight excluding hydrogens is 154 g/mol. The van der Waals surface area contributed by atoms with Crippen molar-refractivity contribution in [3.8, 4) is 0 Å². The highest BCUT2D eigenvalue weighted by Crippen LogP contribution is 1.94. The number of nitrogens with zero attached hydrogens (tertiary/aromatic N) is 1. The number of unbranched alkanes of at least 4 members (excludes halogenated alkanes) is 1. The van der Waals surface area contributed by atoms with Gasteiger partial charge in [0.2, 0.25) is 0 Å². The maximum Gasteiger partial charge on any atom is 0.0601 e. The highest BCUT2D eigenvalue weighted by Gasteiger charge is 1.81. The second-order valence-corrected chi connectivity index (χ2v) is 2.71. The first-order chi connectivity index (χ1) is 5.31. The van der Waals surface area contributed by atoms with E-state index in [1.54, 1.807) is 0 Å². The summed E-state index contributed by atoms with van der Waals surface area (Å²) in [6.45, 7) is 2.05. The van der Waals surface area contributed by atoms with Crippen LogP contribution in [-0.2, 0) is 0 Å². The molecule has 0 aromatic heterocycles. The molecule has 0 N–H and O–H groups in total. The van der Waals surface area contributed by atoms with Crippen LogP contribution in [-0.4, -0.2) is 17.8 Å². The highest BCUT2D eigenvalue weighted by molar-refractivity contribution is 7.80. The summed E-state index contributed by atoms with van der Waals surface area (Å²) in [5, 5.41) is 0. The van der Waals surface area contributed by atoms with E-state index < -0.39 is 0 Å². The molecule has 0 aliphatic rings. The fourth-order valence-corrected chi connectivity index (χ4v) is 0.755. The van der Waals surface area contributed by atoms with Gasteiger partial charge in [-0.1, -0.05) is 18.2 Å². The molecule has 2 heteroatoms. The first kappa shape index (κ1) is 10.6. The van der Waals surface area contributed by atoms with Gasteiger partial charge in [-0.25, -0.2) is 0 Å². The van der Waals surface area contributed by atoms with E-state index >= 15 is 0 Å². The van der Waals surface area contributed by atoms with Crippen LogP contribution in [0.5, 0.6) is 0 Å². The molecule has 0 bridgehead atoms. The molecular formula is C9H17NS. The largest absolute Gasteiger partial charge is 0.372 e. The number of hydrogen-bond acceptors (Lipinski definition) is 2. The van der Waals surface area contributed by atoms with Crippen molar-refractivity contribution in [3.05, 3.63) is 24.4 Å². The standard InChI is InChI=1S/C9H17NS/c1-3-4-5-6-7-8-10(2)9-11/h3-4,7-8,11H,5-6,9H2,1-2H3/b4-3-,8-7+. The fraction of sp³-hybridized carbons (Fsp3) is 0.556. The Labute approximate surface area is 75.2 Å². The van der Waals surface area contributed by atoms with Crippen molar-refractivity contribution in [3.63, 3.8) is 0 Å². The second-order valence-electron chi connectivity index (χ2n) is 2.43. The molecule has 0 saturated heterocycles. The molecule has 0 rings (SSSR count). The summed E-state index contributed by atoms with van der Waals surface area (Å²) in [5.41, 5.74) is 0. The van der Waals surface area contributed by atoms with Gasteiger partial charge in [-0.2, -0.15) is 12.6 Å². The van der Waals surface area contributed by atoms with Gasteiger partial charge in [0.15, 0.2) is 0 Å². The van der Waals surface area contributed by atoms with Gasteiger partial charge in [0.25, 0.3) is 0 Å². The molecule has 1 nitrogen and oxygen atoms in total. The Balaban J connectivity index is 3.29. The SMILES string of the molecule is C/C=C\CC/C=C/N(C)CS. The van der Waals surface area contributed by atoms with Crippen LogP contribution in [0.25, 0.3) is 0 Å². The van der Waals surface area contributed by atoms with Crippen molar-refractivity contribution in [2.24, 2.45) is 0 Å². The van der Waals surface area contributed by atoms with Crippen LogP contribution in [0.15, 0.2) is 24.4 Å². The summed E-state index contributed by atoms with van der Waals surface area (Å²) in [6.07, 6.45) is 10.7. The van der Waals surface area contributed by atoms with E-state index in [9.17, 15) is 0 Å². The first-order valence-electron chi connectivity index (χ1n) is 3.90. The molecule has 0 aliphatic heterocycles. The van der Waals surface area contributed by atoms with E-state index in [-0.39, 0.29) is 0 Å². The minimum atomic E-state index is 0.778. The zero-order chi connectivity index (χ0) is 8.53. The van der Waals surface area contributed by atoms with Crippen molar-refractivity contribution in [1.82, 2.24) is 4.90 Å². The third kappa shape index (κ3) is 7.53. The number of allylic oxidation sites excluding steroid dienone is 3. The van der Waals surface area contributed by atoms with Crippen LogP contribution >= 0.6 is 12.6 Å². The van der Waals surface area contributed by atoms with Crippen molar-refractivity contribution >= 4 is 12.6 Å². The molecule has 0 aromatic rings. The Morgan fingerprint density at radius 3 is 2.45 bits per heavy atom. The highest BCUT2D eigenvalue weighted by atomic mass is 32.1. The van der Waals surface area contributed by atoms with Gasteiger partial charge in [-0.3, -0.25) is 0 Å². The average Bonchev–Trinajstić information content (AvgIpc) is 2.04. The molecule has 0 radical (unpaired) electrons. The molecule has 64 valence electrons. The molecule has 0 aromatic carbocycles. The summed E-state index contributed by atoms with van der Waals surface area (Å²) in [7, 11) is 2.01. The van der Waals surface area contributed by atoms with Crippen LogP contribution in [0.4, 0.5) is 0 Å². The van der Waals surface area contributed by atoms with Crippen molar-refractivity contribution in [1.29, 1.82) is 0 Å².